The van der Waals surface area contributed by atoms with Crippen molar-refractivity contribution in [1.29, 1.82) is 0 Å². The fourth-order valence-electron chi connectivity index (χ4n) is 1.42. The zero-order chi connectivity index (χ0) is 14.7. The Morgan fingerprint density at radius 3 is 1.80 bits per heavy atom. The second-order valence-corrected chi connectivity index (χ2v) is 5.63. The van der Waals surface area contributed by atoms with Gasteiger partial charge in [0.05, 0.1) is 0 Å². The molecule has 0 atom stereocenters. The zero-order valence-corrected chi connectivity index (χ0v) is 13.9. The van der Waals surface area contributed by atoms with E-state index >= 15 is 0 Å². The van der Waals surface area contributed by atoms with Crippen LogP contribution >= 0.6 is 0 Å². The quantitative estimate of drug-likeness (QED) is 0.355. The van der Waals surface area contributed by atoms with Gasteiger partial charge in [-0.05, 0) is 11.5 Å². The normalized spacial score (nSPS) is 11.2. The molecule has 0 aliphatic carbocycles. The first-order valence-corrected chi connectivity index (χ1v) is 7.53. The summed E-state index contributed by atoms with van der Waals surface area (Å²) in [6, 6.07) is 11.8. The van der Waals surface area contributed by atoms with Gasteiger partial charge >= 0.3 is 29.6 Å². The molecule has 0 aliphatic heterocycles. The van der Waals surface area contributed by atoms with E-state index in [2.05, 4.69) is 0 Å². The monoisotopic (exact) mass is 328 g/mol. The minimum Gasteiger partial charge on any atom is -0.726 e. The molecule has 0 aliphatic rings. The van der Waals surface area contributed by atoms with Crippen LogP contribution in [0.3, 0.4) is 0 Å². The molecule has 0 bridgehead atoms. The average Bonchev–Trinajstić information content (AvgIpc) is 2.25. The third-order valence-electron chi connectivity index (χ3n) is 2.03. The SMILES string of the molecule is O=S(=O)(O)c1cccc2ccccc12.O=S(=O)([O-])O.[Na+]. The van der Waals surface area contributed by atoms with E-state index in [0.717, 1.165) is 5.39 Å². The number of hydrogen-bond donors (Lipinski definition) is 2. The van der Waals surface area contributed by atoms with Gasteiger partial charge in [0.2, 0.25) is 10.4 Å². The molecule has 0 aromatic heterocycles. The molecule has 20 heavy (non-hydrogen) atoms. The molecule has 2 N–H and O–H groups in total. The predicted octanol–water partition coefficient (Wildman–Crippen LogP) is -1.90. The van der Waals surface area contributed by atoms with Crippen molar-refractivity contribution in [3.63, 3.8) is 0 Å². The molecule has 10 heteroatoms. The largest absolute Gasteiger partial charge is 1.00 e. The van der Waals surface area contributed by atoms with Crippen LogP contribution in [-0.4, -0.2) is 30.5 Å². The van der Waals surface area contributed by atoms with Crippen LogP contribution < -0.4 is 29.6 Å². The Morgan fingerprint density at radius 1 is 0.850 bits per heavy atom. The summed E-state index contributed by atoms with van der Waals surface area (Å²) < 4.78 is 63.8. The first kappa shape index (κ1) is 19.5. The maximum absolute atomic E-state index is 11.0. The number of benzene rings is 2. The maximum atomic E-state index is 11.0. The Bertz CT molecular complexity index is 771. The van der Waals surface area contributed by atoms with Crippen molar-refractivity contribution in [1.82, 2.24) is 0 Å². The van der Waals surface area contributed by atoms with E-state index in [1.807, 2.05) is 6.07 Å². The second-order valence-electron chi connectivity index (χ2n) is 3.38. The van der Waals surface area contributed by atoms with Crippen molar-refractivity contribution in [3.8, 4) is 0 Å². The van der Waals surface area contributed by atoms with Crippen molar-refractivity contribution in [2.45, 2.75) is 4.90 Å². The van der Waals surface area contributed by atoms with Crippen LogP contribution in [0.2, 0.25) is 0 Å². The Morgan fingerprint density at radius 2 is 1.30 bits per heavy atom. The standard InChI is InChI=1S/C10H8O3S.Na.H2O4S/c11-14(12,13)10-7-3-5-8-4-1-2-6-9(8)10;;1-5(2,3)4/h1-7H,(H,11,12,13);;(H2,1,2,3,4)/q;+1;/p-1. The molecule has 0 amide bonds. The van der Waals surface area contributed by atoms with E-state index in [1.165, 1.54) is 6.07 Å². The van der Waals surface area contributed by atoms with E-state index in [-0.39, 0.29) is 34.5 Å². The van der Waals surface area contributed by atoms with E-state index in [9.17, 15) is 8.42 Å². The third kappa shape index (κ3) is 6.77. The molecule has 7 nitrogen and oxygen atoms in total. The Balaban J connectivity index is 0.000000526. The van der Waals surface area contributed by atoms with Gasteiger partial charge in [0.1, 0.15) is 4.90 Å². The number of rotatable bonds is 1. The minimum atomic E-state index is -4.92. The van der Waals surface area contributed by atoms with Gasteiger partial charge < -0.3 is 4.55 Å². The summed E-state index contributed by atoms with van der Waals surface area (Å²) in [5.41, 5.74) is 0. The fourth-order valence-corrected chi connectivity index (χ4v) is 2.13. The molecule has 2 aromatic rings. The summed E-state index contributed by atoms with van der Waals surface area (Å²) in [6.45, 7) is 0. The molecule has 0 saturated carbocycles. The maximum Gasteiger partial charge on any atom is 1.00 e. The first-order chi connectivity index (χ1) is 8.59. The van der Waals surface area contributed by atoms with Crippen LogP contribution in [-0.2, 0) is 20.5 Å². The third-order valence-corrected chi connectivity index (χ3v) is 2.94. The van der Waals surface area contributed by atoms with E-state index in [1.54, 1.807) is 30.3 Å². The van der Waals surface area contributed by atoms with Crippen molar-refractivity contribution >= 4 is 31.3 Å². The molecule has 0 heterocycles. The number of fused-ring (bicyclic) bond motifs is 1. The fraction of sp³-hybridized carbons (Fsp3) is 0. The number of hydrogen-bond acceptors (Lipinski definition) is 5. The van der Waals surface area contributed by atoms with Gasteiger partial charge in [0, 0.05) is 5.39 Å². The summed E-state index contributed by atoms with van der Waals surface area (Å²) in [6.07, 6.45) is 0. The molecule has 0 unspecified atom stereocenters. The summed E-state index contributed by atoms with van der Waals surface area (Å²) in [4.78, 5) is -0.0457. The summed E-state index contributed by atoms with van der Waals surface area (Å²) >= 11 is 0. The minimum absolute atomic E-state index is 0. The van der Waals surface area contributed by atoms with Crippen LogP contribution in [0.5, 0.6) is 0 Å². The van der Waals surface area contributed by atoms with Gasteiger partial charge in [0.25, 0.3) is 10.1 Å². The molecule has 0 fully saturated rings. The van der Waals surface area contributed by atoms with Gasteiger partial charge in [-0.2, -0.15) is 8.42 Å². The van der Waals surface area contributed by atoms with Crippen LogP contribution in [0, 0.1) is 0 Å². The predicted molar refractivity (Wildman–Crippen MR) is 66.1 cm³/mol. The molecule has 0 saturated heterocycles. The summed E-state index contributed by atoms with van der Waals surface area (Å²) in [5, 5.41) is 1.33. The Hall–Kier alpha value is -0.520. The van der Waals surface area contributed by atoms with E-state index in [0.29, 0.717) is 5.39 Å². The Labute approximate surface area is 138 Å². The van der Waals surface area contributed by atoms with Gasteiger partial charge in [-0.25, -0.2) is 8.42 Å². The van der Waals surface area contributed by atoms with Crippen molar-refractivity contribution in [3.05, 3.63) is 42.5 Å². The van der Waals surface area contributed by atoms with Gasteiger partial charge in [-0.1, -0.05) is 36.4 Å². The molecular formula is C10H9NaO7S2. The van der Waals surface area contributed by atoms with Crippen molar-refractivity contribution in [2.24, 2.45) is 0 Å². The summed E-state index contributed by atoms with van der Waals surface area (Å²) in [5.74, 6) is 0. The van der Waals surface area contributed by atoms with Gasteiger partial charge in [-0.15, -0.1) is 0 Å². The van der Waals surface area contributed by atoms with E-state index in [4.69, 9.17) is 22.1 Å². The van der Waals surface area contributed by atoms with Crippen molar-refractivity contribution in [2.75, 3.05) is 0 Å². The first-order valence-electron chi connectivity index (χ1n) is 4.72. The van der Waals surface area contributed by atoms with Crippen LogP contribution in [0.4, 0.5) is 0 Å². The van der Waals surface area contributed by atoms with Gasteiger partial charge in [-0.3, -0.25) is 9.11 Å². The Kier molecular flexibility index (Phi) is 7.28. The molecule has 2 aromatic carbocycles. The molecule has 2 rings (SSSR count). The van der Waals surface area contributed by atoms with Gasteiger partial charge in [0.15, 0.2) is 0 Å². The van der Waals surface area contributed by atoms with Crippen LogP contribution in [0.1, 0.15) is 0 Å². The second kappa shape index (κ2) is 7.48. The molecule has 0 spiro atoms. The smallest absolute Gasteiger partial charge is 0.726 e. The molecule has 104 valence electrons. The molecular weight excluding hydrogens is 319 g/mol. The zero-order valence-electron chi connectivity index (χ0n) is 10.3. The van der Waals surface area contributed by atoms with Crippen LogP contribution in [0.15, 0.2) is 47.4 Å². The summed E-state index contributed by atoms with van der Waals surface area (Å²) in [7, 11) is -9.05. The average molecular weight is 328 g/mol. The topological polar surface area (TPSA) is 132 Å². The van der Waals surface area contributed by atoms with Crippen LogP contribution in [0.25, 0.3) is 10.8 Å². The molecule has 0 radical (unpaired) electrons. The van der Waals surface area contributed by atoms with E-state index < -0.39 is 20.5 Å². The van der Waals surface area contributed by atoms with Crippen molar-refractivity contribution < 1.29 is 60.1 Å².